The molecule has 1 aromatic carbocycles. The number of nitriles is 1. The van der Waals surface area contributed by atoms with Crippen LogP contribution in [0, 0.1) is 25.2 Å². The lowest BCUT2D eigenvalue weighted by molar-refractivity contribution is -0.142. The van der Waals surface area contributed by atoms with Crippen LogP contribution in [0.4, 0.5) is 5.69 Å². The molecule has 1 N–H and O–H groups in total. The Balaban J connectivity index is 2.06. The predicted molar refractivity (Wildman–Crippen MR) is 117 cm³/mol. The summed E-state index contributed by atoms with van der Waals surface area (Å²) in [6.07, 6.45) is 2.46. The lowest BCUT2D eigenvalue weighted by atomic mass is 10.1. The summed E-state index contributed by atoms with van der Waals surface area (Å²) in [4.78, 5) is 24.5. The molecular formula is C23H27N3O5. The highest BCUT2D eigenvalue weighted by molar-refractivity contribution is 6.00. The van der Waals surface area contributed by atoms with Gasteiger partial charge in [-0.3, -0.25) is 4.79 Å². The molecule has 2 rings (SSSR count). The second-order valence-electron chi connectivity index (χ2n) is 6.84. The molecule has 0 aliphatic heterocycles. The number of hydrogen-bond acceptors (Lipinski definition) is 6. The van der Waals surface area contributed by atoms with Crippen molar-refractivity contribution in [3.63, 3.8) is 0 Å². The Morgan fingerprint density at radius 3 is 2.55 bits per heavy atom. The zero-order chi connectivity index (χ0) is 23.0. The predicted octanol–water partition coefficient (Wildman–Crippen LogP) is 3.62. The molecule has 0 bridgehead atoms. The van der Waals surface area contributed by atoms with Gasteiger partial charge < -0.3 is 24.1 Å². The molecule has 8 heteroatoms. The number of esters is 1. The minimum atomic E-state index is -0.861. The van der Waals surface area contributed by atoms with Crippen LogP contribution in [-0.2, 0) is 20.9 Å². The number of hydrogen-bond donors (Lipinski definition) is 1. The van der Waals surface area contributed by atoms with E-state index in [1.165, 1.54) is 20.3 Å². The Morgan fingerprint density at radius 1 is 1.19 bits per heavy atom. The van der Waals surface area contributed by atoms with Gasteiger partial charge in [-0.1, -0.05) is 6.92 Å². The number of carbonyl (C=O) groups is 2. The fraction of sp³-hybridized carbons (Fsp3) is 0.348. The van der Waals surface area contributed by atoms with Crippen molar-refractivity contribution < 1.29 is 23.8 Å². The van der Waals surface area contributed by atoms with Crippen LogP contribution in [-0.4, -0.2) is 37.3 Å². The van der Waals surface area contributed by atoms with E-state index in [4.69, 9.17) is 14.2 Å². The van der Waals surface area contributed by atoms with Crippen LogP contribution in [0.25, 0.3) is 6.08 Å². The number of anilines is 1. The molecule has 0 fully saturated rings. The first-order chi connectivity index (χ1) is 14.8. The highest BCUT2D eigenvalue weighted by Crippen LogP contribution is 2.29. The number of ether oxygens (including phenoxy) is 3. The average molecular weight is 425 g/mol. The van der Waals surface area contributed by atoms with Crippen LogP contribution in [0.15, 0.2) is 29.8 Å². The first kappa shape index (κ1) is 23.5. The maximum Gasteiger partial charge on any atom is 0.349 e. The number of nitrogens with zero attached hydrogens (tertiary/aromatic N) is 2. The fourth-order valence-corrected chi connectivity index (χ4v) is 3.13. The summed E-state index contributed by atoms with van der Waals surface area (Å²) < 4.78 is 17.5. The van der Waals surface area contributed by atoms with Crippen LogP contribution < -0.4 is 14.8 Å². The maximum atomic E-state index is 12.3. The zero-order valence-electron chi connectivity index (χ0n) is 18.4. The van der Waals surface area contributed by atoms with E-state index in [-0.39, 0.29) is 5.57 Å². The summed E-state index contributed by atoms with van der Waals surface area (Å²) in [5.74, 6) is -0.447. The highest BCUT2D eigenvalue weighted by atomic mass is 16.5. The van der Waals surface area contributed by atoms with E-state index in [1.54, 1.807) is 18.2 Å². The minimum absolute atomic E-state index is 0.174. The van der Waals surface area contributed by atoms with E-state index in [0.29, 0.717) is 17.2 Å². The van der Waals surface area contributed by atoms with Crippen molar-refractivity contribution in [2.24, 2.45) is 0 Å². The minimum Gasteiger partial charge on any atom is -0.497 e. The third-order valence-electron chi connectivity index (χ3n) is 4.72. The molecule has 1 amide bonds. The van der Waals surface area contributed by atoms with E-state index in [2.05, 4.69) is 16.8 Å². The van der Waals surface area contributed by atoms with Crippen molar-refractivity contribution in [2.75, 3.05) is 26.1 Å². The number of aromatic nitrogens is 1. The molecule has 0 spiro atoms. The first-order valence-electron chi connectivity index (χ1n) is 9.82. The maximum absolute atomic E-state index is 12.3. The number of nitrogens with one attached hydrogen (secondary N) is 1. The standard InChI is InChI=1S/C23H27N3O5/c1-6-9-26-15(2)10-17(16(26)3)11-18(13-24)23(28)31-14-22(27)25-20-8-7-19(29-4)12-21(20)30-5/h7-8,10-12H,6,9,14H2,1-5H3,(H,25,27)/b18-11+. The van der Waals surface area contributed by atoms with E-state index in [9.17, 15) is 14.9 Å². The van der Waals surface area contributed by atoms with Gasteiger partial charge in [0.25, 0.3) is 5.91 Å². The number of carbonyl (C=O) groups excluding carboxylic acids is 2. The van der Waals surface area contributed by atoms with Crippen LogP contribution in [0.5, 0.6) is 11.5 Å². The van der Waals surface area contributed by atoms with Gasteiger partial charge in [0.2, 0.25) is 0 Å². The fourth-order valence-electron chi connectivity index (χ4n) is 3.13. The van der Waals surface area contributed by atoms with Crippen LogP contribution in [0.2, 0.25) is 0 Å². The van der Waals surface area contributed by atoms with Gasteiger partial charge in [0.1, 0.15) is 23.1 Å². The number of rotatable bonds is 9. The van der Waals surface area contributed by atoms with Crippen LogP contribution >= 0.6 is 0 Å². The Morgan fingerprint density at radius 2 is 1.94 bits per heavy atom. The number of methoxy groups -OCH3 is 2. The first-order valence-corrected chi connectivity index (χ1v) is 9.82. The van der Waals surface area contributed by atoms with Gasteiger partial charge in [0.15, 0.2) is 6.61 Å². The number of aryl methyl sites for hydroxylation is 1. The molecule has 0 saturated heterocycles. The molecule has 2 aromatic rings. The normalized spacial score (nSPS) is 10.9. The molecule has 0 aliphatic rings. The van der Waals surface area contributed by atoms with E-state index >= 15 is 0 Å². The van der Waals surface area contributed by atoms with Crippen LogP contribution in [0.1, 0.15) is 30.3 Å². The van der Waals surface area contributed by atoms with Crippen molar-refractivity contribution in [3.8, 4) is 17.6 Å². The van der Waals surface area contributed by atoms with Gasteiger partial charge in [-0.15, -0.1) is 0 Å². The van der Waals surface area contributed by atoms with Crippen molar-refractivity contribution in [1.82, 2.24) is 4.57 Å². The summed E-state index contributed by atoms with van der Waals surface area (Å²) in [5.41, 5.74) is 3.01. The molecule has 0 atom stereocenters. The molecule has 8 nitrogen and oxygen atoms in total. The second-order valence-corrected chi connectivity index (χ2v) is 6.84. The molecule has 1 aromatic heterocycles. The van der Waals surface area contributed by atoms with Gasteiger partial charge in [0.05, 0.1) is 19.9 Å². The zero-order valence-corrected chi connectivity index (χ0v) is 18.4. The molecule has 31 heavy (non-hydrogen) atoms. The highest BCUT2D eigenvalue weighted by Gasteiger charge is 2.16. The smallest absolute Gasteiger partial charge is 0.349 e. The molecule has 0 saturated carbocycles. The Hall–Kier alpha value is -3.73. The third kappa shape index (κ3) is 5.89. The third-order valence-corrected chi connectivity index (χ3v) is 4.72. The average Bonchev–Trinajstić information content (AvgIpc) is 3.03. The summed E-state index contributed by atoms with van der Waals surface area (Å²) >= 11 is 0. The molecule has 164 valence electrons. The largest absolute Gasteiger partial charge is 0.497 e. The van der Waals surface area contributed by atoms with E-state index in [0.717, 1.165) is 29.9 Å². The lowest BCUT2D eigenvalue weighted by Gasteiger charge is -2.11. The van der Waals surface area contributed by atoms with Crippen molar-refractivity contribution in [2.45, 2.75) is 33.7 Å². The molecule has 1 heterocycles. The van der Waals surface area contributed by atoms with Gasteiger partial charge >= 0.3 is 5.97 Å². The van der Waals surface area contributed by atoms with E-state index < -0.39 is 18.5 Å². The van der Waals surface area contributed by atoms with Crippen molar-refractivity contribution >= 4 is 23.6 Å². The van der Waals surface area contributed by atoms with Crippen LogP contribution in [0.3, 0.4) is 0 Å². The van der Waals surface area contributed by atoms with Gasteiger partial charge in [0, 0.05) is 24.0 Å². The van der Waals surface area contributed by atoms with Gasteiger partial charge in [-0.05, 0) is 50.1 Å². The van der Waals surface area contributed by atoms with Crippen molar-refractivity contribution in [1.29, 1.82) is 5.26 Å². The summed E-state index contributed by atoms with van der Waals surface area (Å²) in [5, 5.41) is 12.0. The topological polar surface area (TPSA) is 103 Å². The SMILES string of the molecule is CCCn1c(C)cc(/C=C(\C#N)C(=O)OCC(=O)Nc2ccc(OC)cc2OC)c1C. The Bertz CT molecular complexity index is 1030. The molecule has 0 unspecified atom stereocenters. The van der Waals surface area contributed by atoms with E-state index in [1.807, 2.05) is 26.0 Å². The van der Waals surface area contributed by atoms with Gasteiger partial charge in [-0.2, -0.15) is 5.26 Å². The quantitative estimate of drug-likeness (QED) is 0.374. The Labute approximate surface area is 182 Å². The van der Waals surface area contributed by atoms with Crippen molar-refractivity contribution in [3.05, 3.63) is 46.8 Å². The number of amides is 1. The molecule has 0 radical (unpaired) electrons. The molecular weight excluding hydrogens is 398 g/mol. The summed E-state index contributed by atoms with van der Waals surface area (Å²) in [6.45, 7) is 6.31. The summed E-state index contributed by atoms with van der Waals surface area (Å²) in [6, 6.07) is 8.66. The summed E-state index contributed by atoms with van der Waals surface area (Å²) in [7, 11) is 2.99. The number of benzene rings is 1. The Kier molecular flexibility index (Phi) is 8.26. The monoisotopic (exact) mass is 425 g/mol. The van der Waals surface area contributed by atoms with Gasteiger partial charge in [-0.25, -0.2) is 4.79 Å². The molecule has 0 aliphatic carbocycles. The lowest BCUT2D eigenvalue weighted by Crippen LogP contribution is -2.21. The second kappa shape index (κ2) is 10.9.